The van der Waals surface area contributed by atoms with E-state index in [1.54, 1.807) is 12.1 Å². The van der Waals surface area contributed by atoms with Crippen molar-refractivity contribution in [3.05, 3.63) is 22.7 Å². The van der Waals surface area contributed by atoms with E-state index in [9.17, 15) is 4.79 Å². The number of ketones is 1. The first-order valence-electron chi connectivity index (χ1n) is 5.26. The van der Waals surface area contributed by atoms with E-state index in [4.69, 9.17) is 22.1 Å². The molecule has 1 aromatic carbocycles. The summed E-state index contributed by atoms with van der Waals surface area (Å²) in [5, 5.41) is 0.423. The third-order valence-corrected chi connectivity index (χ3v) is 2.68. The van der Waals surface area contributed by atoms with E-state index < -0.39 is 0 Å². The van der Waals surface area contributed by atoms with Crippen molar-refractivity contribution in [2.45, 2.75) is 26.2 Å². The van der Waals surface area contributed by atoms with Crippen LogP contribution in [0.15, 0.2) is 12.1 Å². The van der Waals surface area contributed by atoms with Crippen LogP contribution in [0.4, 0.5) is 5.69 Å². The molecule has 0 saturated heterocycles. The molecule has 0 fully saturated rings. The summed E-state index contributed by atoms with van der Waals surface area (Å²) < 4.78 is 5.06. The minimum Gasteiger partial charge on any atom is -0.495 e. The average molecular weight is 242 g/mol. The first kappa shape index (κ1) is 12.8. The second-order valence-electron chi connectivity index (χ2n) is 3.60. The van der Waals surface area contributed by atoms with Crippen molar-refractivity contribution in [2.75, 3.05) is 12.8 Å². The zero-order chi connectivity index (χ0) is 12.1. The molecule has 2 N–H and O–H groups in total. The van der Waals surface area contributed by atoms with Crippen LogP contribution < -0.4 is 10.5 Å². The molecule has 4 heteroatoms. The molecular weight excluding hydrogens is 226 g/mol. The summed E-state index contributed by atoms with van der Waals surface area (Å²) >= 11 is 5.89. The Morgan fingerprint density at radius 3 is 2.75 bits per heavy atom. The molecule has 1 rings (SSSR count). The van der Waals surface area contributed by atoms with Gasteiger partial charge in [0.15, 0.2) is 5.78 Å². The maximum atomic E-state index is 11.8. The molecule has 0 amide bonds. The van der Waals surface area contributed by atoms with Gasteiger partial charge in [0.25, 0.3) is 0 Å². The van der Waals surface area contributed by atoms with Gasteiger partial charge in [0.2, 0.25) is 0 Å². The number of hydrogen-bond acceptors (Lipinski definition) is 3. The predicted octanol–water partition coefficient (Wildman–Crippen LogP) is 3.30. The van der Waals surface area contributed by atoms with Crippen molar-refractivity contribution in [1.29, 1.82) is 0 Å². The Kier molecular flexibility index (Phi) is 4.62. The number of rotatable bonds is 5. The van der Waals surface area contributed by atoms with Crippen molar-refractivity contribution in [1.82, 2.24) is 0 Å². The Bertz CT molecular complexity index is 391. The number of ether oxygens (including phenoxy) is 1. The Labute approximate surface area is 101 Å². The van der Waals surface area contributed by atoms with Crippen molar-refractivity contribution >= 4 is 23.1 Å². The van der Waals surface area contributed by atoms with Crippen LogP contribution in [0.5, 0.6) is 5.75 Å². The minimum absolute atomic E-state index is 0.0364. The van der Waals surface area contributed by atoms with E-state index in [0.717, 1.165) is 12.8 Å². The summed E-state index contributed by atoms with van der Waals surface area (Å²) in [5.41, 5.74) is 6.66. The normalized spacial score (nSPS) is 10.2. The molecule has 0 unspecified atom stereocenters. The van der Waals surface area contributed by atoms with Gasteiger partial charge in [0.1, 0.15) is 5.75 Å². The summed E-state index contributed by atoms with van der Waals surface area (Å²) in [4.78, 5) is 11.8. The van der Waals surface area contributed by atoms with E-state index in [-0.39, 0.29) is 5.78 Å². The van der Waals surface area contributed by atoms with E-state index in [0.29, 0.717) is 28.4 Å². The quantitative estimate of drug-likeness (QED) is 0.636. The van der Waals surface area contributed by atoms with E-state index >= 15 is 0 Å². The zero-order valence-electron chi connectivity index (χ0n) is 9.55. The van der Waals surface area contributed by atoms with Crippen LogP contribution in [0.25, 0.3) is 0 Å². The molecule has 16 heavy (non-hydrogen) atoms. The number of carbonyl (C=O) groups excluding carboxylic acids is 1. The van der Waals surface area contributed by atoms with Crippen molar-refractivity contribution in [3.63, 3.8) is 0 Å². The Morgan fingerprint density at radius 1 is 1.50 bits per heavy atom. The number of anilines is 1. The zero-order valence-corrected chi connectivity index (χ0v) is 10.3. The number of carbonyl (C=O) groups is 1. The van der Waals surface area contributed by atoms with Gasteiger partial charge in [-0.25, -0.2) is 0 Å². The average Bonchev–Trinajstić information content (AvgIpc) is 2.26. The van der Waals surface area contributed by atoms with Gasteiger partial charge < -0.3 is 10.5 Å². The number of methoxy groups -OCH3 is 1. The fraction of sp³-hybridized carbons (Fsp3) is 0.417. The molecule has 3 nitrogen and oxygen atoms in total. The van der Waals surface area contributed by atoms with Crippen molar-refractivity contribution in [2.24, 2.45) is 0 Å². The standard InChI is InChI=1S/C12H16ClNO2/c1-3-4-5-11(15)8-6-12(16-2)9(13)7-10(8)14/h6-7H,3-5,14H2,1-2H3. The van der Waals surface area contributed by atoms with Gasteiger partial charge in [-0.2, -0.15) is 0 Å². The lowest BCUT2D eigenvalue weighted by atomic mass is 10.0. The second-order valence-corrected chi connectivity index (χ2v) is 4.01. The number of Topliss-reactive ketones (excluding diaryl/α,β-unsaturated/α-hetero) is 1. The molecule has 1 aromatic rings. The van der Waals surface area contributed by atoms with Crippen LogP contribution in [0.2, 0.25) is 5.02 Å². The van der Waals surface area contributed by atoms with Crippen molar-refractivity contribution < 1.29 is 9.53 Å². The SMILES string of the molecule is CCCCC(=O)c1cc(OC)c(Cl)cc1N. The van der Waals surface area contributed by atoms with Crippen LogP contribution in [-0.4, -0.2) is 12.9 Å². The lowest BCUT2D eigenvalue weighted by Crippen LogP contribution is -2.04. The topological polar surface area (TPSA) is 52.3 Å². The van der Waals surface area contributed by atoms with Crippen LogP contribution in [-0.2, 0) is 0 Å². The maximum absolute atomic E-state index is 11.8. The van der Waals surface area contributed by atoms with Gasteiger partial charge in [0.05, 0.1) is 12.1 Å². The van der Waals surface area contributed by atoms with Gasteiger partial charge >= 0.3 is 0 Å². The lowest BCUT2D eigenvalue weighted by molar-refractivity contribution is 0.0980. The maximum Gasteiger partial charge on any atom is 0.165 e. The lowest BCUT2D eigenvalue weighted by Gasteiger charge is -2.09. The van der Waals surface area contributed by atoms with Crippen LogP contribution >= 0.6 is 11.6 Å². The van der Waals surface area contributed by atoms with Crippen molar-refractivity contribution in [3.8, 4) is 5.75 Å². The molecule has 0 heterocycles. The van der Waals surface area contributed by atoms with E-state index in [1.165, 1.54) is 7.11 Å². The molecular formula is C12H16ClNO2. The van der Waals surface area contributed by atoms with Gasteiger partial charge in [-0.3, -0.25) is 4.79 Å². The smallest absolute Gasteiger partial charge is 0.165 e. The molecule has 0 atom stereocenters. The fourth-order valence-electron chi connectivity index (χ4n) is 1.44. The predicted molar refractivity (Wildman–Crippen MR) is 66.3 cm³/mol. The minimum atomic E-state index is 0.0364. The highest BCUT2D eigenvalue weighted by atomic mass is 35.5. The Morgan fingerprint density at radius 2 is 2.19 bits per heavy atom. The van der Waals surface area contributed by atoms with Crippen LogP contribution in [0.3, 0.4) is 0 Å². The highest BCUT2D eigenvalue weighted by Crippen LogP contribution is 2.30. The highest BCUT2D eigenvalue weighted by Gasteiger charge is 2.13. The number of nitrogen functional groups attached to an aromatic ring is 1. The molecule has 0 aliphatic carbocycles. The highest BCUT2D eigenvalue weighted by molar-refractivity contribution is 6.32. The molecule has 0 spiro atoms. The Hall–Kier alpha value is -1.22. The molecule has 0 aliphatic heterocycles. The molecule has 0 saturated carbocycles. The molecule has 0 aliphatic rings. The number of halogens is 1. The van der Waals surface area contributed by atoms with Gasteiger partial charge in [-0.05, 0) is 18.6 Å². The van der Waals surface area contributed by atoms with Crippen LogP contribution in [0.1, 0.15) is 36.5 Å². The fourth-order valence-corrected chi connectivity index (χ4v) is 1.69. The first-order chi connectivity index (χ1) is 7.60. The van der Waals surface area contributed by atoms with E-state index in [2.05, 4.69) is 0 Å². The summed E-state index contributed by atoms with van der Waals surface area (Å²) in [5.74, 6) is 0.519. The summed E-state index contributed by atoms with van der Waals surface area (Å²) in [6.45, 7) is 2.04. The molecule has 88 valence electrons. The number of hydrogen-bond donors (Lipinski definition) is 1. The molecule has 0 radical (unpaired) electrons. The van der Waals surface area contributed by atoms with E-state index in [1.807, 2.05) is 6.92 Å². The largest absolute Gasteiger partial charge is 0.495 e. The summed E-state index contributed by atoms with van der Waals surface area (Å²) in [6.07, 6.45) is 2.35. The monoisotopic (exact) mass is 241 g/mol. The first-order valence-corrected chi connectivity index (χ1v) is 5.64. The van der Waals surface area contributed by atoms with Gasteiger partial charge in [0, 0.05) is 17.7 Å². The summed E-state index contributed by atoms with van der Waals surface area (Å²) in [6, 6.07) is 3.16. The number of unbranched alkanes of at least 4 members (excludes halogenated alkanes) is 1. The van der Waals surface area contributed by atoms with Gasteiger partial charge in [-0.1, -0.05) is 24.9 Å². The number of nitrogens with two attached hydrogens (primary N) is 1. The second kappa shape index (κ2) is 5.75. The summed E-state index contributed by atoms with van der Waals surface area (Å²) in [7, 11) is 1.51. The van der Waals surface area contributed by atoms with Gasteiger partial charge in [-0.15, -0.1) is 0 Å². The molecule has 0 aromatic heterocycles. The molecule has 0 bridgehead atoms. The number of benzene rings is 1. The van der Waals surface area contributed by atoms with Crippen LogP contribution in [0, 0.1) is 0 Å². The third-order valence-electron chi connectivity index (χ3n) is 2.38. The Balaban J connectivity index is 2.99. The third kappa shape index (κ3) is 2.89.